The first-order valence-electron chi connectivity index (χ1n) is 12.2. The Labute approximate surface area is 195 Å². The van der Waals surface area contributed by atoms with Crippen molar-refractivity contribution in [1.82, 2.24) is 30.1 Å². The Bertz CT molecular complexity index is 1150. The largest absolute Gasteiger partial charge is 0.395 e. The summed E-state index contributed by atoms with van der Waals surface area (Å²) >= 11 is 0. The Morgan fingerprint density at radius 2 is 1.97 bits per heavy atom. The number of fused-ring (bicyclic) bond motifs is 1. The van der Waals surface area contributed by atoms with Crippen molar-refractivity contribution in [1.29, 1.82) is 0 Å². The maximum atomic E-state index is 13.0. The van der Waals surface area contributed by atoms with Gasteiger partial charge >= 0.3 is 0 Å². The van der Waals surface area contributed by atoms with E-state index in [1.165, 1.54) is 19.3 Å². The molecule has 1 aliphatic carbocycles. The molecule has 1 saturated carbocycles. The maximum Gasteiger partial charge on any atom is 0.252 e. The van der Waals surface area contributed by atoms with E-state index in [1.54, 1.807) is 0 Å². The number of H-pyrrole nitrogens is 1. The van der Waals surface area contributed by atoms with Crippen LogP contribution in [0.1, 0.15) is 80.6 Å². The van der Waals surface area contributed by atoms with Crippen LogP contribution in [0.2, 0.25) is 0 Å². The van der Waals surface area contributed by atoms with Crippen molar-refractivity contribution in [2.24, 2.45) is 5.92 Å². The van der Waals surface area contributed by atoms with Gasteiger partial charge in [-0.1, -0.05) is 45.2 Å². The Morgan fingerprint density at radius 1 is 1.21 bits per heavy atom. The van der Waals surface area contributed by atoms with Crippen molar-refractivity contribution in [3.63, 3.8) is 0 Å². The van der Waals surface area contributed by atoms with E-state index in [0.717, 1.165) is 40.7 Å². The average Bonchev–Trinajstić information content (AvgIpc) is 3.27. The summed E-state index contributed by atoms with van der Waals surface area (Å²) in [6.07, 6.45) is 5.84. The first kappa shape index (κ1) is 23.6. The van der Waals surface area contributed by atoms with Crippen LogP contribution < -0.4 is 5.56 Å². The fraction of sp³-hybridized carbons (Fsp3) is 0.600. The predicted octanol–water partition coefficient (Wildman–Crippen LogP) is 3.83. The SMILES string of the molecule is Cc1ccc2cc(CN(CCO)[C@@H](c3nnnn3C3CCCCC3)C(C)C)c(=O)[nH]c2c1C. The summed E-state index contributed by atoms with van der Waals surface area (Å²) in [6.45, 7) is 9.22. The van der Waals surface area contributed by atoms with Crippen molar-refractivity contribution >= 4 is 10.9 Å². The van der Waals surface area contributed by atoms with E-state index in [-0.39, 0.29) is 24.1 Å². The molecule has 0 radical (unpaired) electrons. The lowest BCUT2D eigenvalue weighted by atomic mass is 9.94. The van der Waals surface area contributed by atoms with Crippen molar-refractivity contribution in [2.45, 2.75) is 78.4 Å². The van der Waals surface area contributed by atoms with Gasteiger partial charge in [-0.05, 0) is 65.6 Å². The molecule has 0 saturated heterocycles. The molecule has 8 nitrogen and oxygen atoms in total. The van der Waals surface area contributed by atoms with E-state index in [2.05, 4.69) is 51.4 Å². The fourth-order valence-electron chi connectivity index (χ4n) is 5.22. The second-order valence-electron chi connectivity index (χ2n) is 9.75. The van der Waals surface area contributed by atoms with Gasteiger partial charge in [0.15, 0.2) is 5.82 Å². The average molecular weight is 453 g/mol. The molecule has 0 aliphatic heterocycles. The number of hydrogen-bond acceptors (Lipinski definition) is 6. The number of aromatic amines is 1. The maximum absolute atomic E-state index is 13.0. The van der Waals surface area contributed by atoms with Gasteiger partial charge in [0.05, 0.1) is 24.2 Å². The number of rotatable bonds is 8. The Kier molecular flexibility index (Phi) is 7.24. The zero-order valence-corrected chi connectivity index (χ0v) is 20.2. The molecule has 33 heavy (non-hydrogen) atoms. The smallest absolute Gasteiger partial charge is 0.252 e. The third-order valence-corrected chi connectivity index (χ3v) is 7.12. The van der Waals surface area contributed by atoms with Crippen LogP contribution in [0, 0.1) is 19.8 Å². The highest BCUT2D eigenvalue weighted by atomic mass is 16.3. The number of benzene rings is 1. The van der Waals surface area contributed by atoms with Crippen molar-refractivity contribution in [3.05, 3.63) is 51.1 Å². The Morgan fingerprint density at radius 3 is 2.67 bits per heavy atom. The summed E-state index contributed by atoms with van der Waals surface area (Å²) in [5, 5.41) is 23.7. The van der Waals surface area contributed by atoms with Crippen LogP contribution in [0.25, 0.3) is 10.9 Å². The number of aliphatic hydroxyl groups excluding tert-OH is 1. The van der Waals surface area contributed by atoms with Crippen LogP contribution in [0.15, 0.2) is 23.0 Å². The molecule has 1 atom stereocenters. The predicted molar refractivity (Wildman–Crippen MR) is 129 cm³/mol. The molecular formula is C25H36N6O2. The second-order valence-corrected chi connectivity index (χ2v) is 9.75. The number of aliphatic hydroxyl groups is 1. The highest BCUT2D eigenvalue weighted by molar-refractivity contribution is 5.83. The monoisotopic (exact) mass is 452 g/mol. The van der Waals surface area contributed by atoms with Gasteiger partial charge in [0.1, 0.15) is 0 Å². The van der Waals surface area contributed by atoms with Crippen LogP contribution in [-0.4, -0.2) is 48.3 Å². The van der Waals surface area contributed by atoms with Crippen LogP contribution in [-0.2, 0) is 6.54 Å². The molecule has 0 spiro atoms. The third kappa shape index (κ3) is 4.87. The quantitative estimate of drug-likeness (QED) is 0.539. The topological polar surface area (TPSA) is 99.9 Å². The van der Waals surface area contributed by atoms with Crippen LogP contribution in [0.3, 0.4) is 0 Å². The van der Waals surface area contributed by atoms with Gasteiger partial charge in [0, 0.05) is 18.7 Å². The molecule has 178 valence electrons. The summed E-state index contributed by atoms with van der Waals surface area (Å²) in [7, 11) is 0. The highest BCUT2D eigenvalue weighted by Gasteiger charge is 2.32. The molecule has 0 bridgehead atoms. The van der Waals surface area contributed by atoms with E-state index in [0.29, 0.717) is 24.7 Å². The van der Waals surface area contributed by atoms with E-state index in [9.17, 15) is 9.90 Å². The van der Waals surface area contributed by atoms with Crippen molar-refractivity contribution in [2.75, 3.05) is 13.2 Å². The van der Waals surface area contributed by atoms with Gasteiger partial charge in [0.25, 0.3) is 5.56 Å². The molecule has 3 aromatic rings. The minimum Gasteiger partial charge on any atom is -0.395 e. The minimum atomic E-state index is -0.107. The zero-order valence-electron chi connectivity index (χ0n) is 20.2. The van der Waals surface area contributed by atoms with Gasteiger partial charge in [-0.25, -0.2) is 4.68 Å². The summed E-state index contributed by atoms with van der Waals surface area (Å²) in [6, 6.07) is 6.32. The van der Waals surface area contributed by atoms with Crippen molar-refractivity contribution < 1.29 is 5.11 Å². The number of nitrogens with zero attached hydrogens (tertiary/aromatic N) is 5. The lowest BCUT2D eigenvalue weighted by Crippen LogP contribution is -2.38. The van der Waals surface area contributed by atoms with Crippen LogP contribution in [0.5, 0.6) is 0 Å². The fourth-order valence-corrected chi connectivity index (χ4v) is 5.22. The minimum absolute atomic E-state index is 0.00198. The van der Waals surface area contributed by atoms with Gasteiger partial charge < -0.3 is 10.1 Å². The van der Waals surface area contributed by atoms with E-state index in [1.807, 2.05) is 24.6 Å². The Hall–Kier alpha value is -2.58. The van der Waals surface area contributed by atoms with Crippen molar-refractivity contribution in [3.8, 4) is 0 Å². The lowest BCUT2D eigenvalue weighted by molar-refractivity contribution is 0.103. The van der Waals surface area contributed by atoms with Crippen LogP contribution in [0.4, 0.5) is 0 Å². The number of tetrazole rings is 1. The zero-order chi connectivity index (χ0) is 23.5. The molecule has 2 N–H and O–H groups in total. The number of aryl methyl sites for hydroxylation is 2. The first-order valence-corrected chi connectivity index (χ1v) is 12.2. The summed E-state index contributed by atoms with van der Waals surface area (Å²) < 4.78 is 2.00. The third-order valence-electron chi connectivity index (χ3n) is 7.12. The molecule has 1 aromatic carbocycles. The molecule has 2 aromatic heterocycles. The normalized spacial score (nSPS) is 16.2. The molecule has 8 heteroatoms. The molecular weight excluding hydrogens is 416 g/mol. The number of aromatic nitrogens is 5. The summed E-state index contributed by atoms with van der Waals surface area (Å²) in [5.74, 6) is 1.03. The number of pyridine rings is 1. The molecule has 1 fully saturated rings. The standard InChI is InChI=1S/C25H36N6O2/c1-16(2)23(24-27-28-29-31(24)21-8-6-5-7-9-21)30(12-13-32)15-20-14-19-11-10-17(3)18(4)22(19)26-25(20)33/h10-11,14,16,21,23,32H,5-9,12-13,15H2,1-4H3,(H,26,33)/t23-/m1/s1. The molecule has 2 heterocycles. The molecule has 0 amide bonds. The van der Waals surface area contributed by atoms with E-state index < -0.39 is 0 Å². The van der Waals surface area contributed by atoms with E-state index in [4.69, 9.17) is 0 Å². The van der Waals surface area contributed by atoms with Gasteiger partial charge in [-0.3, -0.25) is 9.69 Å². The van der Waals surface area contributed by atoms with Crippen LogP contribution >= 0.6 is 0 Å². The number of hydrogen-bond donors (Lipinski definition) is 2. The van der Waals surface area contributed by atoms with Gasteiger partial charge in [0.2, 0.25) is 0 Å². The number of nitrogens with one attached hydrogen (secondary N) is 1. The molecule has 0 unspecified atom stereocenters. The second kappa shape index (κ2) is 10.1. The summed E-state index contributed by atoms with van der Waals surface area (Å²) in [4.78, 5) is 18.3. The highest BCUT2D eigenvalue weighted by Crippen LogP contribution is 2.33. The first-order chi connectivity index (χ1) is 15.9. The molecule has 1 aliphatic rings. The van der Waals surface area contributed by atoms with Gasteiger partial charge in [-0.2, -0.15) is 0 Å². The molecule has 4 rings (SSSR count). The lowest BCUT2D eigenvalue weighted by Gasteiger charge is -2.34. The van der Waals surface area contributed by atoms with E-state index >= 15 is 0 Å². The van der Waals surface area contributed by atoms with Gasteiger partial charge in [-0.15, -0.1) is 5.10 Å². The Balaban J connectivity index is 1.70. The summed E-state index contributed by atoms with van der Waals surface area (Å²) in [5.41, 5.74) is 3.73.